The second kappa shape index (κ2) is 9.93. The van der Waals surface area contributed by atoms with Crippen LogP contribution in [0.15, 0.2) is 42.6 Å². The van der Waals surface area contributed by atoms with Gasteiger partial charge in [-0.3, -0.25) is 9.58 Å². The summed E-state index contributed by atoms with van der Waals surface area (Å²) in [5.74, 6) is 0. The van der Waals surface area contributed by atoms with Crippen molar-refractivity contribution < 1.29 is 18.3 Å². The Labute approximate surface area is 219 Å². The lowest BCUT2D eigenvalue weighted by atomic mass is 10.0. The molecule has 7 nitrogen and oxygen atoms in total. The van der Waals surface area contributed by atoms with Crippen molar-refractivity contribution in [2.75, 3.05) is 29.4 Å². The van der Waals surface area contributed by atoms with Crippen molar-refractivity contribution >= 4 is 39.6 Å². The van der Waals surface area contributed by atoms with Crippen LogP contribution in [0.4, 0.5) is 24.5 Å². The minimum absolute atomic E-state index is 0.0599. The minimum Gasteiger partial charge on any atom is -0.371 e. The number of fused-ring (bicyclic) bond motifs is 1. The lowest BCUT2D eigenvalue weighted by Crippen LogP contribution is -2.47. The summed E-state index contributed by atoms with van der Waals surface area (Å²) in [6.45, 7) is 11.3. The van der Waals surface area contributed by atoms with Gasteiger partial charge >= 0.3 is 6.18 Å². The summed E-state index contributed by atoms with van der Waals surface area (Å²) in [6.07, 6.45) is -4.18. The highest BCUT2D eigenvalue weighted by Gasteiger charge is 2.50. The highest BCUT2D eigenvalue weighted by atomic mass is 32.1. The molecule has 196 valence electrons. The van der Waals surface area contributed by atoms with Crippen LogP contribution < -0.4 is 9.80 Å². The summed E-state index contributed by atoms with van der Waals surface area (Å²) in [7, 11) is 0. The van der Waals surface area contributed by atoms with Crippen LogP contribution in [0, 0.1) is 11.3 Å². The standard InChI is InChI=1S/C26H29F3N6OS/c1-5-32(6-2)11-12-33-22-10-9-20(13-18(22)16-31-33)35-24(37)34(23(36)25(35,3)4)19-8-7-17(15-30)21(14-19)26(27,28)29/h7-10,13-14,16,23,36H,5-6,11-12H2,1-4H3. The maximum absolute atomic E-state index is 13.6. The van der Waals surface area contributed by atoms with Crippen LogP contribution in [0.2, 0.25) is 0 Å². The van der Waals surface area contributed by atoms with E-state index in [0.717, 1.165) is 49.2 Å². The number of alkyl halides is 3. The van der Waals surface area contributed by atoms with Crippen molar-refractivity contribution in [1.82, 2.24) is 14.7 Å². The van der Waals surface area contributed by atoms with E-state index in [4.69, 9.17) is 17.5 Å². The van der Waals surface area contributed by atoms with Gasteiger partial charge in [-0.1, -0.05) is 13.8 Å². The number of aliphatic hydroxyl groups is 1. The molecule has 0 amide bonds. The lowest BCUT2D eigenvalue weighted by Gasteiger charge is -2.33. The van der Waals surface area contributed by atoms with E-state index in [9.17, 15) is 18.3 Å². The van der Waals surface area contributed by atoms with Crippen LogP contribution in [0.5, 0.6) is 0 Å². The minimum atomic E-state index is -4.72. The van der Waals surface area contributed by atoms with Gasteiger partial charge in [-0.15, -0.1) is 0 Å². The molecular formula is C26H29F3N6OS. The molecule has 0 bridgehead atoms. The smallest absolute Gasteiger partial charge is 0.371 e. The molecule has 2 heterocycles. The van der Waals surface area contributed by atoms with Gasteiger partial charge in [0.2, 0.25) is 0 Å². The van der Waals surface area contributed by atoms with E-state index in [2.05, 4.69) is 23.8 Å². The summed E-state index contributed by atoms with van der Waals surface area (Å²) >= 11 is 5.69. The van der Waals surface area contributed by atoms with E-state index in [1.165, 1.54) is 11.0 Å². The summed E-state index contributed by atoms with van der Waals surface area (Å²) in [4.78, 5) is 5.35. The molecule has 1 fully saturated rings. The first-order valence-electron chi connectivity index (χ1n) is 12.0. The summed E-state index contributed by atoms with van der Waals surface area (Å²) in [6, 6.07) is 10.6. The van der Waals surface area contributed by atoms with Crippen molar-refractivity contribution in [2.45, 2.75) is 52.2 Å². The van der Waals surface area contributed by atoms with Crippen molar-refractivity contribution in [1.29, 1.82) is 5.26 Å². The molecule has 0 saturated carbocycles. The number of aromatic nitrogens is 2. The maximum Gasteiger partial charge on any atom is 0.417 e. The van der Waals surface area contributed by atoms with Crippen molar-refractivity contribution in [3.05, 3.63) is 53.7 Å². The number of likely N-dealkylation sites (N-methyl/N-ethyl adjacent to an activating group) is 1. The SMILES string of the molecule is CCN(CC)CCn1ncc2cc(N3C(=S)N(c4ccc(C#N)c(C(F)(F)F)c4)C(O)C3(C)C)ccc21. The van der Waals surface area contributed by atoms with Crippen LogP contribution in [0.1, 0.15) is 38.8 Å². The molecule has 1 N–H and O–H groups in total. The van der Waals surface area contributed by atoms with Gasteiger partial charge in [-0.05, 0) is 75.6 Å². The van der Waals surface area contributed by atoms with Gasteiger partial charge in [0.25, 0.3) is 0 Å². The largest absolute Gasteiger partial charge is 0.417 e. The molecule has 1 aliphatic rings. The van der Waals surface area contributed by atoms with Crippen LogP contribution in [0.3, 0.4) is 0 Å². The normalized spacial score (nSPS) is 17.7. The quantitative estimate of drug-likeness (QED) is 0.432. The Kier molecular flexibility index (Phi) is 7.21. The van der Waals surface area contributed by atoms with Gasteiger partial charge in [0.1, 0.15) is 0 Å². The molecule has 3 aromatic rings. The van der Waals surface area contributed by atoms with Gasteiger partial charge < -0.3 is 14.9 Å². The molecule has 0 radical (unpaired) electrons. The van der Waals surface area contributed by atoms with Crippen LogP contribution in [0.25, 0.3) is 10.9 Å². The summed E-state index contributed by atoms with van der Waals surface area (Å²) in [5, 5.41) is 25.9. The van der Waals surface area contributed by atoms with E-state index in [-0.39, 0.29) is 10.8 Å². The first-order chi connectivity index (χ1) is 17.4. The zero-order valence-corrected chi connectivity index (χ0v) is 21.9. The van der Waals surface area contributed by atoms with Gasteiger partial charge in [-0.25, -0.2) is 0 Å². The number of hydrogen-bond acceptors (Lipinski definition) is 5. The van der Waals surface area contributed by atoms with Crippen LogP contribution in [-0.2, 0) is 12.7 Å². The average molecular weight is 531 g/mol. The molecule has 0 aliphatic carbocycles. The van der Waals surface area contributed by atoms with Gasteiger partial charge in [0.15, 0.2) is 11.3 Å². The molecule has 1 atom stereocenters. The monoisotopic (exact) mass is 530 g/mol. The molecule has 1 aliphatic heterocycles. The fourth-order valence-corrected chi connectivity index (χ4v) is 5.31. The number of nitrogens with zero attached hydrogens (tertiary/aromatic N) is 6. The Morgan fingerprint density at radius 2 is 1.81 bits per heavy atom. The maximum atomic E-state index is 13.6. The van der Waals surface area contributed by atoms with Crippen LogP contribution >= 0.6 is 12.2 Å². The Morgan fingerprint density at radius 3 is 2.43 bits per heavy atom. The second-order valence-corrected chi connectivity index (χ2v) is 9.86. The van der Waals surface area contributed by atoms with E-state index >= 15 is 0 Å². The highest BCUT2D eigenvalue weighted by molar-refractivity contribution is 7.80. The van der Waals surface area contributed by atoms with Gasteiger partial charge in [-0.2, -0.15) is 23.5 Å². The van der Waals surface area contributed by atoms with E-state index in [1.54, 1.807) is 31.0 Å². The molecular weight excluding hydrogens is 501 g/mol. The first kappa shape index (κ1) is 26.9. The van der Waals surface area contributed by atoms with Crippen LogP contribution in [-0.4, -0.2) is 56.3 Å². The van der Waals surface area contributed by atoms with E-state index in [1.807, 2.05) is 22.9 Å². The first-order valence-corrected chi connectivity index (χ1v) is 12.5. The number of thiocarbonyl (C=S) groups is 1. The predicted octanol–water partition coefficient (Wildman–Crippen LogP) is 4.98. The fourth-order valence-electron chi connectivity index (χ4n) is 4.77. The molecule has 1 aromatic heterocycles. The molecule has 2 aromatic carbocycles. The molecule has 37 heavy (non-hydrogen) atoms. The zero-order chi connectivity index (χ0) is 27.1. The number of benzene rings is 2. The number of hydrogen-bond donors (Lipinski definition) is 1. The number of nitriles is 1. The Bertz CT molecular complexity index is 1360. The predicted molar refractivity (Wildman–Crippen MR) is 141 cm³/mol. The molecule has 4 rings (SSSR count). The lowest BCUT2D eigenvalue weighted by molar-refractivity contribution is -0.137. The average Bonchev–Trinajstić information content (AvgIpc) is 3.33. The highest BCUT2D eigenvalue weighted by Crippen LogP contribution is 2.41. The zero-order valence-electron chi connectivity index (χ0n) is 21.1. The third-order valence-electron chi connectivity index (χ3n) is 6.96. The van der Waals surface area contributed by atoms with Crippen molar-refractivity contribution in [3.63, 3.8) is 0 Å². The van der Waals surface area contributed by atoms with E-state index < -0.39 is 29.1 Å². The third kappa shape index (κ3) is 4.77. The third-order valence-corrected chi connectivity index (χ3v) is 7.34. The van der Waals surface area contributed by atoms with Crippen molar-refractivity contribution in [2.24, 2.45) is 0 Å². The van der Waals surface area contributed by atoms with Crippen molar-refractivity contribution in [3.8, 4) is 6.07 Å². The summed E-state index contributed by atoms with van der Waals surface area (Å²) < 4.78 is 42.7. The Balaban J connectivity index is 1.68. The number of anilines is 2. The van der Waals surface area contributed by atoms with E-state index in [0.29, 0.717) is 5.69 Å². The molecule has 11 heteroatoms. The molecule has 0 spiro atoms. The Morgan fingerprint density at radius 1 is 1.14 bits per heavy atom. The number of rotatable bonds is 7. The summed E-state index contributed by atoms with van der Waals surface area (Å²) in [5.41, 5.74) is -0.817. The molecule has 1 saturated heterocycles. The topological polar surface area (TPSA) is 71.6 Å². The fraction of sp³-hybridized carbons (Fsp3) is 0.423. The second-order valence-electron chi connectivity index (χ2n) is 9.49. The number of halogens is 3. The van der Waals surface area contributed by atoms with Gasteiger partial charge in [0.05, 0.1) is 41.0 Å². The number of aliphatic hydroxyl groups excluding tert-OH is 1. The molecule has 1 unspecified atom stereocenters. The Hall–Kier alpha value is -3.20. The van der Waals surface area contributed by atoms with Gasteiger partial charge in [0, 0.05) is 23.3 Å².